The van der Waals surface area contributed by atoms with Gasteiger partial charge in [0.15, 0.2) is 0 Å². The van der Waals surface area contributed by atoms with Crippen molar-refractivity contribution in [3.8, 4) is 22.7 Å². The molecule has 23 heavy (non-hydrogen) atoms. The number of carbonyl (C=O) groups is 1. The average molecular weight is 308 g/mol. The van der Waals surface area contributed by atoms with Crippen molar-refractivity contribution in [3.05, 3.63) is 65.9 Å². The van der Waals surface area contributed by atoms with Crippen LogP contribution in [0.25, 0.3) is 16.9 Å². The molecular weight excluding hydrogens is 292 g/mol. The van der Waals surface area contributed by atoms with E-state index in [1.54, 1.807) is 49.4 Å². The van der Waals surface area contributed by atoms with Gasteiger partial charge >= 0.3 is 5.97 Å². The van der Waals surface area contributed by atoms with Crippen molar-refractivity contribution in [2.75, 3.05) is 5.73 Å². The van der Waals surface area contributed by atoms with Crippen LogP contribution in [-0.4, -0.2) is 20.7 Å². The first-order valence-electron chi connectivity index (χ1n) is 7.08. The minimum absolute atomic E-state index is 0.155. The van der Waals surface area contributed by atoms with Crippen LogP contribution in [0.4, 0.5) is 5.69 Å². The number of aromatic nitrogens is 1. The summed E-state index contributed by atoms with van der Waals surface area (Å²) in [5, 5.41) is 18.9. The molecule has 0 spiro atoms. The quantitative estimate of drug-likeness (QED) is 0.647. The number of phenolic OH excluding ortho intramolecular Hbond substituents is 1. The number of phenols is 1. The highest BCUT2D eigenvalue weighted by Crippen LogP contribution is 2.31. The van der Waals surface area contributed by atoms with Crippen molar-refractivity contribution >= 4 is 11.7 Å². The fourth-order valence-electron chi connectivity index (χ4n) is 2.67. The van der Waals surface area contributed by atoms with E-state index in [0.717, 1.165) is 16.9 Å². The van der Waals surface area contributed by atoms with E-state index in [1.165, 1.54) is 0 Å². The van der Waals surface area contributed by atoms with Crippen molar-refractivity contribution in [2.45, 2.75) is 6.92 Å². The number of aromatic hydroxyl groups is 1. The molecule has 0 amide bonds. The van der Waals surface area contributed by atoms with E-state index in [9.17, 15) is 15.0 Å². The predicted molar refractivity (Wildman–Crippen MR) is 89.0 cm³/mol. The van der Waals surface area contributed by atoms with E-state index in [1.807, 2.05) is 16.7 Å². The van der Waals surface area contributed by atoms with Crippen LogP contribution in [0, 0.1) is 6.92 Å². The van der Waals surface area contributed by atoms with Crippen LogP contribution in [0.5, 0.6) is 5.75 Å². The molecule has 0 fully saturated rings. The number of hydrogen-bond acceptors (Lipinski definition) is 3. The molecular formula is C18H16N2O3. The van der Waals surface area contributed by atoms with E-state index in [2.05, 4.69) is 0 Å². The number of carboxylic acid groups (broad SMARTS) is 1. The Balaban J connectivity index is 2.28. The zero-order valence-electron chi connectivity index (χ0n) is 12.5. The van der Waals surface area contributed by atoms with Crippen molar-refractivity contribution in [3.63, 3.8) is 0 Å². The van der Waals surface area contributed by atoms with Gasteiger partial charge in [-0.2, -0.15) is 0 Å². The van der Waals surface area contributed by atoms with Crippen LogP contribution in [0.15, 0.2) is 54.6 Å². The van der Waals surface area contributed by atoms with E-state index >= 15 is 0 Å². The standard InChI is InChI=1S/C18H16N2O3/c1-11-16(18(22)23)10-17(12-3-2-4-13(19)9-12)20(11)14-5-7-15(21)8-6-14/h2-10,21H,19H2,1H3,(H,22,23). The Morgan fingerprint density at radius 1 is 1.09 bits per heavy atom. The number of anilines is 1. The molecule has 0 aliphatic rings. The first-order valence-corrected chi connectivity index (χ1v) is 7.08. The van der Waals surface area contributed by atoms with Gasteiger partial charge in [0, 0.05) is 22.6 Å². The minimum Gasteiger partial charge on any atom is -0.508 e. The molecule has 4 N–H and O–H groups in total. The summed E-state index contributed by atoms with van der Waals surface area (Å²) in [6.07, 6.45) is 0. The van der Waals surface area contributed by atoms with Gasteiger partial charge in [-0.25, -0.2) is 4.79 Å². The number of rotatable bonds is 3. The molecule has 1 aromatic heterocycles. The van der Waals surface area contributed by atoms with Crippen molar-refractivity contribution in [1.29, 1.82) is 0 Å². The van der Waals surface area contributed by atoms with E-state index in [4.69, 9.17) is 5.73 Å². The molecule has 3 aromatic rings. The van der Waals surface area contributed by atoms with Crippen LogP contribution in [-0.2, 0) is 0 Å². The van der Waals surface area contributed by atoms with Crippen LogP contribution >= 0.6 is 0 Å². The summed E-state index contributed by atoms with van der Waals surface area (Å²) >= 11 is 0. The maximum Gasteiger partial charge on any atom is 0.337 e. The van der Waals surface area contributed by atoms with E-state index in [0.29, 0.717) is 11.4 Å². The van der Waals surface area contributed by atoms with Gasteiger partial charge in [0.05, 0.1) is 11.3 Å². The molecule has 2 aromatic carbocycles. The number of nitrogen functional groups attached to an aromatic ring is 1. The molecule has 0 atom stereocenters. The topological polar surface area (TPSA) is 88.5 Å². The highest BCUT2D eigenvalue weighted by Gasteiger charge is 2.19. The fraction of sp³-hybridized carbons (Fsp3) is 0.0556. The largest absolute Gasteiger partial charge is 0.508 e. The third kappa shape index (κ3) is 2.64. The maximum absolute atomic E-state index is 11.5. The Kier molecular flexibility index (Phi) is 3.54. The molecule has 0 aliphatic carbocycles. The molecule has 0 saturated carbocycles. The molecule has 5 heteroatoms. The molecule has 0 aliphatic heterocycles. The predicted octanol–water partition coefficient (Wildman–Crippen LogP) is 3.44. The van der Waals surface area contributed by atoms with Gasteiger partial charge < -0.3 is 20.5 Å². The van der Waals surface area contributed by atoms with E-state index in [-0.39, 0.29) is 11.3 Å². The minimum atomic E-state index is -0.981. The second-order valence-electron chi connectivity index (χ2n) is 5.31. The highest BCUT2D eigenvalue weighted by atomic mass is 16.4. The van der Waals surface area contributed by atoms with Crippen LogP contribution in [0.1, 0.15) is 16.1 Å². The number of hydrogen-bond donors (Lipinski definition) is 3. The number of aromatic carboxylic acids is 1. The zero-order chi connectivity index (χ0) is 16.6. The summed E-state index contributed by atoms with van der Waals surface area (Å²) in [6, 6.07) is 15.5. The van der Waals surface area contributed by atoms with Crippen molar-refractivity contribution in [2.24, 2.45) is 0 Å². The van der Waals surface area contributed by atoms with Gasteiger partial charge in [-0.3, -0.25) is 0 Å². The monoisotopic (exact) mass is 308 g/mol. The van der Waals surface area contributed by atoms with E-state index < -0.39 is 5.97 Å². The Hall–Kier alpha value is -3.21. The Labute approximate surface area is 133 Å². The van der Waals surface area contributed by atoms with Gasteiger partial charge in [0.1, 0.15) is 5.75 Å². The average Bonchev–Trinajstić information content (AvgIpc) is 2.86. The smallest absolute Gasteiger partial charge is 0.337 e. The third-order valence-corrected chi connectivity index (χ3v) is 3.77. The summed E-state index contributed by atoms with van der Waals surface area (Å²) in [5.41, 5.74) is 9.63. The molecule has 0 saturated heterocycles. The highest BCUT2D eigenvalue weighted by molar-refractivity contribution is 5.91. The van der Waals surface area contributed by atoms with Crippen molar-refractivity contribution in [1.82, 2.24) is 4.57 Å². The summed E-state index contributed by atoms with van der Waals surface area (Å²) in [4.78, 5) is 11.5. The molecule has 0 bridgehead atoms. The molecule has 5 nitrogen and oxygen atoms in total. The number of carboxylic acids is 1. The number of nitrogens with zero attached hydrogens (tertiary/aromatic N) is 1. The van der Waals surface area contributed by atoms with Gasteiger partial charge in [-0.15, -0.1) is 0 Å². The van der Waals surface area contributed by atoms with Gasteiger partial charge in [0.2, 0.25) is 0 Å². The summed E-state index contributed by atoms with van der Waals surface area (Å²) in [7, 11) is 0. The lowest BCUT2D eigenvalue weighted by atomic mass is 10.1. The first-order chi connectivity index (χ1) is 11.0. The second kappa shape index (κ2) is 5.53. The zero-order valence-corrected chi connectivity index (χ0v) is 12.5. The first kappa shape index (κ1) is 14.7. The summed E-state index contributed by atoms with van der Waals surface area (Å²) < 4.78 is 1.84. The lowest BCUT2D eigenvalue weighted by Gasteiger charge is -2.12. The van der Waals surface area contributed by atoms with Crippen LogP contribution in [0.3, 0.4) is 0 Å². The maximum atomic E-state index is 11.5. The third-order valence-electron chi connectivity index (χ3n) is 3.77. The van der Waals surface area contributed by atoms with Gasteiger partial charge in [-0.1, -0.05) is 12.1 Å². The van der Waals surface area contributed by atoms with Crippen LogP contribution in [0.2, 0.25) is 0 Å². The Bertz CT molecular complexity index is 880. The van der Waals surface area contributed by atoms with Gasteiger partial charge in [-0.05, 0) is 49.4 Å². The van der Waals surface area contributed by atoms with Crippen molar-refractivity contribution < 1.29 is 15.0 Å². The molecule has 1 heterocycles. The SMILES string of the molecule is Cc1c(C(=O)O)cc(-c2cccc(N)c2)n1-c1ccc(O)cc1. The van der Waals surface area contributed by atoms with Gasteiger partial charge in [0.25, 0.3) is 0 Å². The molecule has 0 radical (unpaired) electrons. The number of benzene rings is 2. The molecule has 116 valence electrons. The molecule has 3 rings (SSSR count). The Morgan fingerprint density at radius 3 is 2.39 bits per heavy atom. The lowest BCUT2D eigenvalue weighted by Crippen LogP contribution is -2.02. The normalized spacial score (nSPS) is 10.7. The fourth-order valence-corrected chi connectivity index (χ4v) is 2.67. The Morgan fingerprint density at radius 2 is 1.78 bits per heavy atom. The second-order valence-corrected chi connectivity index (χ2v) is 5.31. The lowest BCUT2D eigenvalue weighted by molar-refractivity contribution is 0.0696. The molecule has 0 unspecified atom stereocenters. The summed E-state index contributed by atoms with van der Waals surface area (Å²) in [6.45, 7) is 1.76. The summed E-state index contributed by atoms with van der Waals surface area (Å²) in [5.74, 6) is -0.826. The number of nitrogens with two attached hydrogens (primary N) is 1. The van der Waals surface area contributed by atoms with Crippen LogP contribution < -0.4 is 5.73 Å².